The summed E-state index contributed by atoms with van der Waals surface area (Å²) in [5, 5.41) is 13.7. The molecule has 0 heterocycles. The predicted molar refractivity (Wildman–Crippen MR) is 84.7 cm³/mol. The van der Waals surface area contributed by atoms with Crippen LogP contribution >= 0.6 is 11.8 Å². The Bertz CT molecular complexity index is 526. The third-order valence-electron chi connectivity index (χ3n) is 2.44. The van der Waals surface area contributed by atoms with Gasteiger partial charge in [-0.2, -0.15) is 0 Å². The Balaban J connectivity index is 2.58. The quantitative estimate of drug-likeness (QED) is 0.493. The first-order valence-electron chi connectivity index (χ1n) is 6.47. The SMILES string of the molecule is CNc1ccc(CSCC(=O)OC(C)(C)C)cc1[N+](=O)[O-]. The van der Waals surface area contributed by atoms with E-state index in [1.165, 1.54) is 17.8 Å². The van der Waals surface area contributed by atoms with E-state index in [1.807, 2.05) is 20.8 Å². The standard InChI is InChI=1S/C14H20N2O4S/c1-14(2,3)20-13(17)9-21-8-10-5-6-11(15-4)12(7-10)16(18)19/h5-7,15H,8-9H2,1-4H3. The smallest absolute Gasteiger partial charge is 0.316 e. The first kappa shape index (κ1) is 17.3. The van der Waals surface area contributed by atoms with Gasteiger partial charge in [0.25, 0.3) is 5.69 Å². The van der Waals surface area contributed by atoms with Gasteiger partial charge in [-0.1, -0.05) is 6.07 Å². The van der Waals surface area contributed by atoms with Gasteiger partial charge in [-0.3, -0.25) is 14.9 Å². The molecule has 1 aromatic carbocycles. The van der Waals surface area contributed by atoms with E-state index in [-0.39, 0.29) is 17.4 Å². The molecule has 0 radical (unpaired) electrons. The van der Waals surface area contributed by atoms with Crippen molar-refractivity contribution >= 4 is 29.1 Å². The van der Waals surface area contributed by atoms with E-state index in [9.17, 15) is 14.9 Å². The van der Waals surface area contributed by atoms with E-state index in [2.05, 4.69) is 5.32 Å². The van der Waals surface area contributed by atoms with Crippen molar-refractivity contribution in [2.24, 2.45) is 0 Å². The lowest BCUT2D eigenvalue weighted by atomic mass is 10.2. The van der Waals surface area contributed by atoms with Gasteiger partial charge >= 0.3 is 5.97 Å². The summed E-state index contributed by atoms with van der Waals surface area (Å²) < 4.78 is 5.20. The van der Waals surface area contributed by atoms with Gasteiger partial charge in [0.1, 0.15) is 11.3 Å². The van der Waals surface area contributed by atoms with Crippen molar-refractivity contribution in [3.63, 3.8) is 0 Å². The lowest BCUT2D eigenvalue weighted by Crippen LogP contribution is -2.24. The van der Waals surface area contributed by atoms with E-state index >= 15 is 0 Å². The number of carbonyl (C=O) groups excluding carboxylic acids is 1. The van der Waals surface area contributed by atoms with Gasteiger partial charge in [0.05, 0.1) is 10.7 Å². The van der Waals surface area contributed by atoms with Crippen LogP contribution in [0, 0.1) is 10.1 Å². The second-order valence-electron chi connectivity index (χ2n) is 5.44. The number of thioether (sulfide) groups is 1. The number of hydrogen-bond donors (Lipinski definition) is 1. The molecule has 0 aromatic heterocycles. The molecular formula is C14H20N2O4S. The van der Waals surface area contributed by atoms with Gasteiger partial charge < -0.3 is 10.1 Å². The maximum Gasteiger partial charge on any atom is 0.316 e. The monoisotopic (exact) mass is 312 g/mol. The van der Waals surface area contributed by atoms with Crippen molar-refractivity contribution in [3.8, 4) is 0 Å². The van der Waals surface area contributed by atoms with Crippen LogP contribution in [0.3, 0.4) is 0 Å². The van der Waals surface area contributed by atoms with Crippen LogP contribution in [0.15, 0.2) is 18.2 Å². The fourth-order valence-electron chi connectivity index (χ4n) is 1.65. The Morgan fingerprint density at radius 1 is 1.43 bits per heavy atom. The molecule has 1 rings (SSSR count). The highest BCUT2D eigenvalue weighted by molar-refractivity contribution is 7.99. The van der Waals surface area contributed by atoms with Crippen LogP contribution in [0.25, 0.3) is 0 Å². The number of esters is 1. The average molecular weight is 312 g/mol. The molecule has 0 saturated heterocycles. The molecule has 0 atom stereocenters. The second-order valence-corrected chi connectivity index (χ2v) is 6.42. The summed E-state index contributed by atoms with van der Waals surface area (Å²) in [7, 11) is 1.64. The molecule has 6 nitrogen and oxygen atoms in total. The number of nitrogens with one attached hydrogen (secondary N) is 1. The fourth-order valence-corrected chi connectivity index (χ4v) is 2.40. The predicted octanol–water partition coefficient (Wildman–Crippen LogP) is 3.21. The van der Waals surface area contributed by atoms with E-state index in [0.29, 0.717) is 11.4 Å². The summed E-state index contributed by atoms with van der Waals surface area (Å²) in [5.74, 6) is 0.456. The molecule has 0 aliphatic rings. The van der Waals surface area contributed by atoms with Crippen molar-refractivity contribution in [1.29, 1.82) is 0 Å². The zero-order valence-corrected chi connectivity index (χ0v) is 13.5. The van der Waals surface area contributed by atoms with Crippen LogP contribution in [0.5, 0.6) is 0 Å². The minimum absolute atomic E-state index is 0.0351. The number of anilines is 1. The van der Waals surface area contributed by atoms with E-state index in [1.54, 1.807) is 19.2 Å². The summed E-state index contributed by atoms with van der Waals surface area (Å²) in [6, 6.07) is 5.00. The zero-order chi connectivity index (χ0) is 16.0. The number of benzene rings is 1. The van der Waals surface area contributed by atoms with Gasteiger partial charge in [0.15, 0.2) is 0 Å². The number of rotatable bonds is 6. The number of nitro benzene ring substituents is 1. The highest BCUT2D eigenvalue weighted by atomic mass is 32.2. The number of nitrogens with zero attached hydrogens (tertiary/aromatic N) is 1. The first-order valence-corrected chi connectivity index (χ1v) is 7.63. The van der Waals surface area contributed by atoms with Gasteiger partial charge in [-0.25, -0.2) is 0 Å². The molecule has 1 aromatic rings. The van der Waals surface area contributed by atoms with E-state index in [4.69, 9.17) is 4.74 Å². The average Bonchev–Trinajstić information content (AvgIpc) is 2.36. The Kier molecular flexibility index (Phi) is 6.02. The molecule has 1 N–H and O–H groups in total. The molecule has 0 saturated carbocycles. The lowest BCUT2D eigenvalue weighted by molar-refractivity contribution is -0.384. The zero-order valence-electron chi connectivity index (χ0n) is 12.6. The van der Waals surface area contributed by atoms with Crippen molar-refractivity contribution in [3.05, 3.63) is 33.9 Å². The molecule has 0 aliphatic heterocycles. The Hall–Kier alpha value is -1.76. The highest BCUT2D eigenvalue weighted by Crippen LogP contribution is 2.27. The summed E-state index contributed by atoms with van der Waals surface area (Å²) in [6.07, 6.45) is 0. The molecule has 7 heteroatoms. The van der Waals surface area contributed by atoms with Gasteiger partial charge in [-0.15, -0.1) is 11.8 Å². The summed E-state index contributed by atoms with van der Waals surface area (Å²) in [4.78, 5) is 22.1. The number of ether oxygens (including phenoxy) is 1. The normalized spacial score (nSPS) is 11.0. The third kappa shape index (κ3) is 6.03. The molecule has 116 valence electrons. The van der Waals surface area contributed by atoms with Crippen LogP contribution in [-0.4, -0.2) is 29.3 Å². The molecule has 0 unspecified atom stereocenters. The lowest BCUT2D eigenvalue weighted by Gasteiger charge is -2.19. The van der Waals surface area contributed by atoms with E-state index < -0.39 is 10.5 Å². The van der Waals surface area contributed by atoms with E-state index in [0.717, 1.165) is 5.56 Å². The Morgan fingerprint density at radius 3 is 2.62 bits per heavy atom. The number of carbonyl (C=O) groups is 1. The van der Waals surface area contributed by atoms with Crippen molar-refractivity contribution < 1.29 is 14.5 Å². The van der Waals surface area contributed by atoms with Crippen LogP contribution in [0.2, 0.25) is 0 Å². The minimum Gasteiger partial charge on any atom is -0.459 e. The summed E-state index contributed by atoms with van der Waals surface area (Å²) in [6.45, 7) is 5.44. The van der Waals surface area contributed by atoms with Crippen LogP contribution in [-0.2, 0) is 15.3 Å². The number of nitro groups is 1. The molecular weight excluding hydrogens is 292 g/mol. The topological polar surface area (TPSA) is 81.5 Å². The van der Waals surface area contributed by atoms with Crippen LogP contribution in [0.1, 0.15) is 26.3 Å². The minimum atomic E-state index is -0.495. The first-order chi connectivity index (χ1) is 9.73. The maximum atomic E-state index is 11.6. The van der Waals surface area contributed by atoms with Crippen molar-refractivity contribution in [1.82, 2.24) is 0 Å². The molecule has 0 amide bonds. The third-order valence-corrected chi connectivity index (χ3v) is 3.41. The molecule has 0 bridgehead atoms. The molecule has 0 aliphatic carbocycles. The van der Waals surface area contributed by atoms with Gasteiger partial charge in [0, 0.05) is 18.9 Å². The molecule has 0 fully saturated rings. The molecule has 0 spiro atoms. The summed E-state index contributed by atoms with van der Waals surface area (Å²) in [5.41, 5.74) is 0.813. The van der Waals surface area contributed by atoms with Crippen molar-refractivity contribution in [2.45, 2.75) is 32.1 Å². The second kappa shape index (κ2) is 7.31. The Labute approximate surface area is 128 Å². The van der Waals surface area contributed by atoms with Crippen LogP contribution in [0.4, 0.5) is 11.4 Å². The number of hydrogen-bond acceptors (Lipinski definition) is 6. The fraction of sp³-hybridized carbons (Fsp3) is 0.500. The van der Waals surface area contributed by atoms with Gasteiger partial charge in [-0.05, 0) is 32.4 Å². The van der Waals surface area contributed by atoms with Crippen LogP contribution < -0.4 is 5.32 Å². The Morgan fingerprint density at radius 2 is 2.10 bits per heavy atom. The molecule has 21 heavy (non-hydrogen) atoms. The van der Waals surface area contributed by atoms with Crippen molar-refractivity contribution in [2.75, 3.05) is 18.1 Å². The largest absolute Gasteiger partial charge is 0.459 e. The maximum absolute atomic E-state index is 11.6. The summed E-state index contributed by atoms with van der Waals surface area (Å²) >= 11 is 1.37. The van der Waals surface area contributed by atoms with Gasteiger partial charge in [0.2, 0.25) is 0 Å². The highest BCUT2D eigenvalue weighted by Gasteiger charge is 2.17.